The summed E-state index contributed by atoms with van der Waals surface area (Å²) >= 11 is 0. The Labute approximate surface area is 263 Å². The Morgan fingerprint density at radius 3 is 2.32 bits per heavy atom. The summed E-state index contributed by atoms with van der Waals surface area (Å²) in [5.74, 6) is 0. The number of hydrogen-bond acceptors (Lipinski definition) is 1. The molecule has 2 heteroatoms. The van der Waals surface area contributed by atoms with Crippen molar-refractivity contribution in [3.8, 4) is 11.1 Å². The topological polar surface area (TPSA) is 8.17 Å². The molecule has 2 nitrogen and oxygen atoms in total. The number of hydrogen-bond donors (Lipinski definition) is 0. The highest BCUT2D eigenvalue weighted by molar-refractivity contribution is 5.86. The summed E-state index contributed by atoms with van der Waals surface area (Å²) in [5.41, 5.74) is 11.7. The number of allylic oxidation sites excluding steroid dienone is 7. The van der Waals surface area contributed by atoms with Gasteiger partial charge in [-0.3, -0.25) is 0 Å². The number of fused-ring (bicyclic) bond motifs is 1. The fraction of sp³-hybridized carbons (Fsp3) is 0.238. The largest absolute Gasteiger partial charge is 0.340 e. The molecular weight excluding hydrogens is 532 g/mol. The molecule has 0 bridgehead atoms. The normalized spacial score (nSPS) is 17.6. The van der Waals surface area contributed by atoms with Gasteiger partial charge in [-0.1, -0.05) is 106 Å². The van der Waals surface area contributed by atoms with Crippen LogP contribution in [0.15, 0.2) is 121 Å². The Hall–Kier alpha value is -4.56. The molecule has 1 aromatic heterocycles. The van der Waals surface area contributed by atoms with E-state index in [2.05, 4.69) is 160 Å². The summed E-state index contributed by atoms with van der Waals surface area (Å²) in [4.78, 5) is 2.42. The third-order valence-corrected chi connectivity index (χ3v) is 9.18. The van der Waals surface area contributed by atoms with Crippen LogP contribution in [0.3, 0.4) is 0 Å². The van der Waals surface area contributed by atoms with Crippen LogP contribution in [-0.2, 0) is 0 Å². The fourth-order valence-corrected chi connectivity index (χ4v) is 7.08. The Bertz CT molecular complexity index is 1970. The molecule has 0 unspecified atom stereocenters. The van der Waals surface area contributed by atoms with Crippen LogP contribution in [0.2, 0.25) is 0 Å². The number of anilines is 1. The maximum Gasteiger partial charge on any atom is 0.0537 e. The van der Waals surface area contributed by atoms with Crippen LogP contribution < -0.4 is 15.5 Å². The molecule has 0 saturated heterocycles. The zero-order valence-corrected chi connectivity index (χ0v) is 26.9. The lowest BCUT2D eigenvalue weighted by molar-refractivity contribution is 0.495. The second-order valence-corrected chi connectivity index (χ2v) is 12.5. The van der Waals surface area contributed by atoms with Crippen LogP contribution in [0.4, 0.5) is 5.69 Å². The van der Waals surface area contributed by atoms with Crippen LogP contribution >= 0.6 is 0 Å². The first-order valence-electron chi connectivity index (χ1n) is 16.0. The summed E-state index contributed by atoms with van der Waals surface area (Å²) in [6.07, 6.45) is 18.7. The lowest BCUT2D eigenvalue weighted by atomic mass is 9.86. The molecule has 4 aromatic rings. The van der Waals surface area contributed by atoms with E-state index in [4.69, 9.17) is 0 Å². The van der Waals surface area contributed by atoms with Crippen molar-refractivity contribution in [2.24, 2.45) is 5.41 Å². The lowest BCUT2D eigenvalue weighted by Crippen LogP contribution is -2.29. The Kier molecular flexibility index (Phi) is 8.19. The molecule has 2 aliphatic rings. The van der Waals surface area contributed by atoms with Crippen LogP contribution in [0, 0.1) is 5.41 Å². The number of benzene rings is 3. The molecule has 0 saturated carbocycles. The Morgan fingerprint density at radius 1 is 0.864 bits per heavy atom. The van der Waals surface area contributed by atoms with E-state index < -0.39 is 0 Å². The van der Waals surface area contributed by atoms with E-state index >= 15 is 0 Å². The monoisotopic (exact) mass is 576 g/mol. The van der Waals surface area contributed by atoms with E-state index in [9.17, 15) is 0 Å². The van der Waals surface area contributed by atoms with Gasteiger partial charge >= 0.3 is 0 Å². The smallest absolute Gasteiger partial charge is 0.0537 e. The summed E-state index contributed by atoms with van der Waals surface area (Å²) in [7, 11) is 0. The summed E-state index contributed by atoms with van der Waals surface area (Å²) in [5, 5.41) is 3.98. The average molecular weight is 577 g/mol. The maximum absolute atomic E-state index is 4.12. The molecule has 6 rings (SSSR count). The number of rotatable bonds is 7. The standard InChI is InChI=1S/C42H44N2/c1-7-14-39-36(9-3)37-18-11-12-19-40(37)44(39)35-26-22-31(23-27-35)33-17-13-16-32(28-33)30-20-24-34(25-21-30)43-29-42(5,6)38(10-4)41(43)15-8-2/h8-22,24-26,28H,4,7,23,27,29H2,1-3,5-6H3/b15-8-,36-9-,39-14+. The SMILES string of the molecule is C=CC1=C(/C=C\C)N(c2ccc(-c3cccc(C4=CC=C(n5c(=C/CC)/c(=C\C)c6ccccc65)CC4)c3)cc2)CC1(C)C. The minimum Gasteiger partial charge on any atom is -0.340 e. The predicted molar refractivity (Wildman–Crippen MR) is 193 cm³/mol. The molecule has 2 heterocycles. The van der Waals surface area contributed by atoms with Crippen molar-refractivity contribution >= 4 is 40.0 Å². The zero-order valence-electron chi connectivity index (χ0n) is 26.9. The van der Waals surface area contributed by atoms with Crippen molar-refractivity contribution in [2.45, 2.75) is 53.9 Å². The van der Waals surface area contributed by atoms with Crippen molar-refractivity contribution in [3.05, 3.63) is 137 Å². The second kappa shape index (κ2) is 12.2. The van der Waals surface area contributed by atoms with Crippen molar-refractivity contribution in [1.29, 1.82) is 0 Å². The maximum atomic E-state index is 4.12. The van der Waals surface area contributed by atoms with Crippen LogP contribution in [0.25, 0.3) is 45.5 Å². The van der Waals surface area contributed by atoms with Gasteiger partial charge in [-0.25, -0.2) is 0 Å². The minimum atomic E-state index is 0.0621. The second-order valence-electron chi connectivity index (χ2n) is 12.5. The number of nitrogens with zero attached hydrogens (tertiary/aromatic N) is 2. The quantitative estimate of drug-likeness (QED) is 0.213. The third kappa shape index (κ3) is 5.24. The van der Waals surface area contributed by atoms with Crippen molar-refractivity contribution < 1.29 is 0 Å². The van der Waals surface area contributed by atoms with E-state index in [0.29, 0.717) is 0 Å². The van der Waals surface area contributed by atoms with E-state index in [-0.39, 0.29) is 5.41 Å². The van der Waals surface area contributed by atoms with E-state index in [1.54, 1.807) is 0 Å². The first kappa shape index (κ1) is 29.5. The van der Waals surface area contributed by atoms with Gasteiger partial charge in [0, 0.05) is 45.0 Å². The molecule has 0 amide bonds. The third-order valence-electron chi connectivity index (χ3n) is 9.18. The minimum absolute atomic E-state index is 0.0621. The molecule has 0 spiro atoms. The van der Waals surface area contributed by atoms with Gasteiger partial charge in [0.25, 0.3) is 0 Å². The molecule has 3 aromatic carbocycles. The molecule has 0 atom stereocenters. The van der Waals surface area contributed by atoms with Gasteiger partial charge in [-0.15, -0.1) is 0 Å². The highest BCUT2D eigenvalue weighted by Crippen LogP contribution is 2.42. The molecule has 1 aliphatic heterocycles. The predicted octanol–water partition coefficient (Wildman–Crippen LogP) is 9.88. The van der Waals surface area contributed by atoms with Crippen molar-refractivity contribution in [3.63, 3.8) is 0 Å². The highest BCUT2D eigenvalue weighted by Gasteiger charge is 2.35. The molecule has 0 fully saturated rings. The fourth-order valence-electron chi connectivity index (χ4n) is 7.08. The van der Waals surface area contributed by atoms with Gasteiger partial charge in [0.15, 0.2) is 0 Å². The van der Waals surface area contributed by atoms with Crippen LogP contribution in [0.5, 0.6) is 0 Å². The Morgan fingerprint density at radius 2 is 1.64 bits per heavy atom. The Balaban J connectivity index is 1.30. The van der Waals surface area contributed by atoms with E-state index in [0.717, 1.165) is 25.8 Å². The van der Waals surface area contributed by atoms with Gasteiger partial charge in [0.2, 0.25) is 0 Å². The van der Waals surface area contributed by atoms with Crippen molar-refractivity contribution in [2.75, 3.05) is 11.4 Å². The van der Waals surface area contributed by atoms with Gasteiger partial charge in [-0.05, 0) is 97.4 Å². The van der Waals surface area contributed by atoms with Gasteiger partial charge in [-0.2, -0.15) is 0 Å². The first-order chi connectivity index (χ1) is 21.4. The molecule has 1 aliphatic carbocycles. The average Bonchev–Trinajstić information content (AvgIpc) is 3.50. The zero-order chi connectivity index (χ0) is 30.8. The van der Waals surface area contributed by atoms with Gasteiger partial charge in [0.05, 0.1) is 5.52 Å². The number of aromatic nitrogens is 1. The summed E-state index contributed by atoms with van der Waals surface area (Å²) in [6, 6.07) is 26.9. The summed E-state index contributed by atoms with van der Waals surface area (Å²) < 4.78 is 2.48. The van der Waals surface area contributed by atoms with Crippen LogP contribution in [-0.4, -0.2) is 11.1 Å². The molecule has 44 heavy (non-hydrogen) atoms. The van der Waals surface area contributed by atoms with E-state index in [1.165, 1.54) is 66.4 Å². The lowest BCUT2D eigenvalue weighted by Gasteiger charge is -2.24. The summed E-state index contributed by atoms with van der Waals surface area (Å²) in [6.45, 7) is 16.1. The van der Waals surface area contributed by atoms with Crippen molar-refractivity contribution in [1.82, 2.24) is 4.57 Å². The first-order valence-corrected chi connectivity index (χ1v) is 16.0. The number of para-hydroxylation sites is 1. The highest BCUT2D eigenvalue weighted by atomic mass is 15.2. The van der Waals surface area contributed by atoms with Gasteiger partial charge < -0.3 is 9.47 Å². The van der Waals surface area contributed by atoms with Crippen LogP contribution in [0.1, 0.15) is 59.4 Å². The van der Waals surface area contributed by atoms with Gasteiger partial charge in [0.1, 0.15) is 0 Å². The molecule has 222 valence electrons. The molecular formula is C42H44N2. The molecule has 0 N–H and O–H groups in total. The van der Waals surface area contributed by atoms with E-state index in [1.807, 2.05) is 6.08 Å². The molecule has 0 radical (unpaired) electrons.